The van der Waals surface area contributed by atoms with E-state index in [9.17, 15) is 9.36 Å². The highest BCUT2D eigenvalue weighted by Gasteiger charge is 2.29. The third-order valence-electron chi connectivity index (χ3n) is 1.54. The van der Waals surface area contributed by atoms with E-state index in [1.807, 2.05) is 0 Å². The normalized spacial score (nSPS) is 11.8. The average molecular weight is 225 g/mol. The Morgan fingerprint density at radius 1 is 1.36 bits per heavy atom. The van der Waals surface area contributed by atoms with Gasteiger partial charge in [-0.1, -0.05) is 0 Å². The van der Waals surface area contributed by atoms with E-state index < -0.39 is 13.7 Å². The third kappa shape index (κ3) is 3.75. The summed E-state index contributed by atoms with van der Waals surface area (Å²) in [5.74, 6) is -0.468. The first-order valence-corrected chi connectivity index (χ1v) is 5.58. The number of carbonyl (C=O) groups excluding carboxylic acids is 1. The first-order chi connectivity index (χ1) is 6.50. The first kappa shape index (κ1) is 13.6. The Labute approximate surface area is 83.7 Å². The number of rotatable bonds is 6. The number of likely N-dealkylation sites (N-methyl/N-ethyl adjacent to an activating group) is 1. The van der Waals surface area contributed by atoms with Crippen LogP contribution in [0.5, 0.6) is 0 Å². The predicted molar refractivity (Wildman–Crippen MR) is 50.9 cm³/mol. The number of hydrogen-bond donors (Lipinski definition) is 0. The zero-order valence-corrected chi connectivity index (χ0v) is 9.74. The molecule has 7 heteroatoms. The Morgan fingerprint density at radius 3 is 2.21 bits per heavy atom. The Bertz CT molecular complexity index is 224. The van der Waals surface area contributed by atoms with Crippen LogP contribution in [0.3, 0.4) is 0 Å². The molecule has 0 saturated carbocycles. The molecule has 14 heavy (non-hydrogen) atoms. The fourth-order valence-corrected chi connectivity index (χ4v) is 1.83. The topological polar surface area (TPSA) is 65.1 Å². The highest BCUT2D eigenvalue weighted by atomic mass is 31.2. The van der Waals surface area contributed by atoms with E-state index >= 15 is 0 Å². The molecule has 0 aliphatic heterocycles. The molecule has 0 aromatic heterocycles. The van der Waals surface area contributed by atoms with Crippen molar-refractivity contribution in [3.05, 3.63) is 0 Å². The Balaban J connectivity index is 4.25. The van der Waals surface area contributed by atoms with E-state index in [1.165, 1.54) is 25.9 Å². The van der Waals surface area contributed by atoms with Crippen molar-refractivity contribution in [2.45, 2.75) is 6.92 Å². The van der Waals surface area contributed by atoms with Gasteiger partial charge in [0.1, 0.15) is 6.54 Å². The van der Waals surface area contributed by atoms with Crippen molar-refractivity contribution in [2.75, 3.05) is 34.4 Å². The van der Waals surface area contributed by atoms with Gasteiger partial charge in [0.05, 0.1) is 6.61 Å². The second kappa shape index (κ2) is 6.14. The number of esters is 1. The van der Waals surface area contributed by atoms with Crippen molar-refractivity contribution < 1.29 is 23.1 Å². The molecule has 0 bridgehead atoms. The highest BCUT2D eigenvalue weighted by molar-refractivity contribution is 7.51. The largest absolute Gasteiger partial charge is 0.465 e. The average Bonchev–Trinajstić information content (AvgIpc) is 2.16. The summed E-state index contributed by atoms with van der Waals surface area (Å²) in [5, 5.41) is 0. The van der Waals surface area contributed by atoms with E-state index in [4.69, 9.17) is 0 Å². The van der Waals surface area contributed by atoms with Gasteiger partial charge in [0.25, 0.3) is 0 Å². The molecule has 0 N–H and O–H groups in total. The summed E-state index contributed by atoms with van der Waals surface area (Å²) in [7, 11) is 0.658. The fraction of sp³-hybridized carbons (Fsp3) is 0.857. The molecular weight excluding hydrogens is 209 g/mol. The summed E-state index contributed by atoms with van der Waals surface area (Å²) in [4.78, 5) is 11.0. The summed E-state index contributed by atoms with van der Waals surface area (Å²) in [6.07, 6.45) is 0. The van der Waals surface area contributed by atoms with E-state index in [2.05, 4.69) is 13.8 Å². The molecule has 0 aromatic rings. The zero-order chi connectivity index (χ0) is 11.2. The van der Waals surface area contributed by atoms with Gasteiger partial charge in [-0.05, 0) is 14.0 Å². The van der Waals surface area contributed by atoms with Crippen LogP contribution in [-0.2, 0) is 23.1 Å². The first-order valence-electron chi connectivity index (χ1n) is 4.09. The minimum atomic E-state index is -3.32. The molecule has 84 valence electrons. The summed E-state index contributed by atoms with van der Waals surface area (Å²) in [5.41, 5.74) is 0. The number of carbonyl (C=O) groups is 1. The molecule has 0 unspecified atom stereocenters. The molecule has 0 heterocycles. The molecule has 0 fully saturated rings. The van der Waals surface area contributed by atoms with Crippen molar-refractivity contribution in [3.63, 3.8) is 0 Å². The van der Waals surface area contributed by atoms with Gasteiger partial charge in [-0.25, -0.2) is 9.24 Å². The van der Waals surface area contributed by atoms with Gasteiger partial charge in [-0.15, -0.1) is 0 Å². The third-order valence-corrected chi connectivity index (χ3v) is 3.44. The lowest BCUT2D eigenvalue weighted by Gasteiger charge is -2.22. The summed E-state index contributed by atoms with van der Waals surface area (Å²) in [6.45, 7) is 1.86. The van der Waals surface area contributed by atoms with Crippen LogP contribution in [-0.4, -0.2) is 45.1 Å². The maximum atomic E-state index is 11.7. The van der Waals surface area contributed by atoms with E-state index in [-0.39, 0.29) is 13.2 Å². The molecule has 6 nitrogen and oxygen atoms in total. The molecule has 0 saturated heterocycles. The highest BCUT2D eigenvalue weighted by Crippen LogP contribution is 2.48. The lowest BCUT2D eigenvalue weighted by atomic mass is 10.6. The van der Waals surface area contributed by atoms with Gasteiger partial charge in [-0.3, -0.25) is 13.8 Å². The Hall–Kier alpha value is -0.420. The van der Waals surface area contributed by atoms with E-state index in [0.29, 0.717) is 0 Å². The predicted octanol–water partition coefficient (Wildman–Crippen LogP) is 0.882. The Morgan fingerprint density at radius 2 is 1.86 bits per heavy atom. The molecule has 0 spiro atoms. The molecule has 0 aliphatic rings. The molecule has 0 amide bonds. The van der Waals surface area contributed by atoms with Crippen LogP contribution < -0.4 is 0 Å². The van der Waals surface area contributed by atoms with Crippen molar-refractivity contribution in [1.82, 2.24) is 4.67 Å². The lowest BCUT2D eigenvalue weighted by molar-refractivity contribution is -0.143. The van der Waals surface area contributed by atoms with Gasteiger partial charge >= 0.3 is 13.7 Å². The molecule has 0 radical (unpaired) electrons. The van der Waals surface area contributed by atoms with Crippen LogP contribution in [0, 0.1) is 0 Å². The smallest absolute Gasteiger partial charge is 0.407 e. The minimum Gasteiger partial charge on any atom is -0.465 e. The van der Waals surface area contributed by atoms with Crippen LogP contribution >= 0.6 is 7.75 Å². The quantitative estimate of drug-likeness (QED) is 0.494. The Kier molecular flexibility index (Phi) is 5.95. The monoisotopic (exact) mass is 225 g/mol. The molecular formula is C7H16NO5P. The number of nitrogens with zero attached hydrogens (tertiary/aromatic N) is 1. The van der Waals surface area contributed by atoms with Crippen LogP contribution in [0.15, 0.2) is 0 Å². The van der Waals surface area contributed by atoms with Crippen molar-refractivity contribution in [1.29, 1.82) is 0 Å². The van der Waals surface area contributed by atoms with Gasteiger partial charge in [0.15, 0.2) is 0 Å². The summed E-state index contributed by atoms with van der Waals surface area (Å²) in [6, 6.07) is 0. The second-order valence-corrected chi connectivity index (χ2v) is 4.80. The van der Waals surface area contributed by atoms with E-state index in [1.54, 1.807) is 6.92 Å². The van der Waals surface area contributed by atoms with Gasteiger partial charge in [0, 0.05) is 14.2 Å². The maximum Gasteiger partial charge on any atom is 0.407 e. The second-order valence-electron chi connectivity index (χ2n) is 2.45. The molecule has 0 aliphatic carbocycles. The summed E-state index contributed by atoms with van der Waals surface area (Å²) < 4.78 is 26.9. The SMILES string of the molecule is CCOC(=O)CN(C)P(=O)(OC)OC. The van der Waals surface area contributed by atoms with Crippen LogP contribution in [0.2, 0.25) is 0 Å². The van der Waals surface area contributed by atoms with Crippen LogP contribution in [0.25, 0.3) is 0 Å². The van der Waals surface area contributed by atoms with Crippen molar-refractivity contribution in [3.8, 4) is 0 Å². The zero-order valence-electron chi connectivity index (χ0n) is 8.85. The molecule has 0 aromatic carbocycles. The van der Waals surface area contributed by atoms with Crippen molar-refractivity contribution >= 4 is 13.7 Å². The van der Waals surface area contributed by atoms with Gasteiger partial charge in [0.2, 0.25) is 0 Å². The van der Waals surface area contributed by atoms with Crippen LogP contribution in [0.4, 0.5) is 0 Å². The van der Waals surface area contributed by atoms with Crippen LogP contribution in [0.1, 0.15) is 6.92 Å². The molecule has 0 rings (SSSR count). The van der Waals surface area contributed by atoms with Crippen molar-refractivity contribution in [2.24, 2.45) is 0 Å². The number of ether oxygens (including phenoxy) is 1. The standard InChI is InChI=1S/C7H16NO5P/c1-5-13-7(9)6-8(2)14(10,11-3)12-4/h5-6H2,1-4H3. The van der Waals surface area contributed by atoms with Gasteiger partial charge < -0.3 is 4.74 Å². The minimum absolute atomic E-state index is 0.132. The maximum absolute atomic E-state index is 11.7. The number of hydrogen-bond acceptors (Lipinski definition) is 5. The molecule has 0 atom stereocenters. The van der Waals surface area contributed by atoms with Gasteiger partial charge in [-0.2, -0.15) is 0 Å². The fourth-order valence-electron chi connectivity index (χ4n) is 0.833. The summed E-state index contributed by atoms with van der Waals surface area (Å²) >= 11 is 0. The van der Waals surface area contributed by atoms with E-state index in [0.717, 1.165) is 0 Å². The lowest BCUT2D eigenvalue weighted by Crippen LogP contribution is -2.26.